The van der Waals surface area contributed by atoms with Crippen LogP contribution in [0, 0.1) is 0 Å². The third kappa shape index (κ3) is 3.43. The third-order valence-electron chi connectivity index (χ3n) is 5.01. The average molecular weight is 389 g/mol. The minimum absolute atomic E-state index is 0.0920. The summed E-state index contributed by atoms with van der Waals surface area (Å²) in [6.07, 6.45) is 1.51. The first-order chi connectivity index (χ1) is 13.2. The molecule has 2 aliphatic rings. The average Bonchev–Trinajstić information content (AvgIpc) is 3.43. The predicted molar refractivity (Wildman–Crippen MR) is 97.8 cm³/mol. The van der Waals surface area contributed by atoms with Crippen LogP contribution in [0.5, 0.6) is 0 Å². The number of ether oxygens (including phenoxy) is 1. The first kappa shape index (κ1) is 18.0. The minimum atomic E-state index is -0.706. The van der Waals surface area contributed by atoms with E-state index in [2.05, 4.69) is 0 Å². The first-order valence-corrected chi connectivity index (χ1v) is 9.82. The lowest BCUT2D eigenvalue weighted by atomic mass is 10.0. The Labute approximate surface area is 160 Å². The van der Waals surface area contributed by atoms with E-state index in [0.717, 1.165) is 19.6 Å². The van der Waals surface area contributed by atoms with Crippen LogP contribution in [0.25, 0.3) is 0 Å². The van der Waals surface area contributed by atoms with Gasteiger partial charge in [0.25, 0.3) is 5.91 Å². The number of ketones is 1. The number of aliphatic hydroxyl groups excluding tert-OH is 1. The molecule has 0 saturated carbocycles. The summed E-state index contributed by atoms with van der Waals surface area (Å²) in [6, 6.07) is 6.20. The lowest BCUT2D eigenvalue weighted by Gasteiger charge is -2.28. The fourth-order valence-corrected chi connectivity index (χ4v) is 4.27. The van der Waals surface area contributed by atoms with Gasteiger partial charge in [-0.1, -0.05) is 6.07 Å². The number of hydrogen-bond donors (Lipinski definition) is 2. The molecule has 1 atom stereocenters. The summed E-state index contributed by atoms with van der Waals surface area (Å²) in [5.41, 5.74) is 0.0920. The van der Waals surface area contributed by atoms with Gasteiger partial charge >= 0.3 is 0 Å². The number of amides is 1. The van der Waals surface area contributed by atoms with Crippen molar-refractivity contribution in [3.05, 3.63) is 57.9 Å². The van der Waals surface area contributed by atoms with Crippen molar-refractivity contribution in [3.8, 4) is 0 Å². The number of carbonyl (C=O) groups excluding carboxylic acids is 2. The molecule has 0 aromatic carbocycles. The molecule has 8 heteroatoms. The summed E-state index contributed by atoms with van der Waals surface area (Å²) in [5.74, 6) is -0.863. The maximum Gasteiger partial charge on any atom is 0.290 e. The number of nitrogens with one attached hydrogen (secondary N) is 1. The Morgan fingerprint density at radius 2 is 2.11 bits per heavy atom. The second-order valence-corrected chi connectivity index (χ2v) is 7.55. The molecule has 2 N–H and O–H groups in total. The molecular weight excluding hydrogens is 368 g/mol. The van der Waals surface area contributed by atoms with Gasteiger partial charge in [-0.2, -0.15) is 0 Å². The monoisotopic (exact) mass is 389 g/mol. The van der Waals surface area contributed by atoms with Crippen LogP contribution in [0.15, 0.2) is 51.7 Å². The second kappa shape index (κ2) is 7.67. The number of Topliss-reactive ketones (excluding diaryl/α,β-unsaturated/α-hetero) is 1. The van der Waals surface area contributed by atoms with Crippen molar-refractivity contribution in [2.24, 2.45) is 0 Å². The molecule has 27 heavy (non-hydrogen) atoms. The number of hydrogen-bond acceptors (Lipinski definition) is 6. The summed E-state index contributed by atoms with van der Waals surface area (Å²) in [7, 11) is 0. The first-order valence-electron chi connectivity index (χ1n) is 8.94. The van der Waals surface area contributed by atoms with Crippen LogP contribution >= 0.6 is 11.3 Å². The standard InChI is InChI=1S/C19H20N2O5S/c22-17(14-4-2-12-27-14)15-16(13-3-1-9-26-13)21(19(24)18(15)23)6-5-20-7-10-25-11-8-20/h1-4,9,12,16,23H,5-8,10-11H2/p+1/t16-/m1/s1. The Morgan fingerprint density at radius 3 is 2.78 bits per heavy atom. The summed E-state index contributed by atoms with van der Waals surface area (Å²) < 4.78 is 10.9. The van der Waals surface area contributed by atoms with E-state index in [1.807, 2.05) is 0 Å². The molecule has 2 aliphatic heterocycles. The second-order valence-electron chi connectivity index (χ2n) is 6.60. The van der Waals surface area contributed by atoms with E-state index < -0.39 is 17.7 Å². The molecule has 1 fully saturated rings. The maximum atomic E-state index is 13.0. The molecule has 0 unspecified atom stereocenters. The molecule has 0 radical (unpaired) electrons. The molecule has 0 spiro atoms. The van der Waals surface area contributed by atoms with Crippen LogP contribution in [0.4, 0.5) is 0 Å². The SMILES string of the molecule is O=C(C1=C(O)C(=O)N(CC[NH+]2CCOCC2)[C@@H]1c1ccco1)c1cccs1. The molecule has 2 aromatic rings. The normalized spacial score (nSPS) is 21.3. The van der Waals surface area contributed by atoms with Gasteiger partial charge in [-0.05, 0) is 23.6 Å². The van der Waals surface area contributed by atoms with Gasteiger partial charge in [0, 0.05) is 0 Å². The number of aliphatic hydroxyl groups is 1. The van der Waals surface area contributed by atoms with Crippen molar-refractivity contribution in [2.45, 2.75) is 6.04 Å². The Morgan fingerprint density at radius 1 is 1.30 bits per heavy atom. The number of quaternary nitrogens is 1. The van der Waals surface area contributed by atoms with Crippen LogP contribution in [-0.2, 0) is 9.53 Å². The molecule has 4 heterocycles. The highest BCUT2D eigenvalue weighted by atomic mass is 32.1. The molecule has 1 amide bonds. The smallest absolute Gasteiger partial charge is 0.290 e. The van der Waals surface area contributed by atoms with Crippen molar-refractivity contribution in [2.75, 3.05) is 39.4 Å². The number of furan rings is 1. The fourth-order valence-electron chi connectivity index (χ4n) is 3.59. The quantitative estimate of drug-likeness (QED) is 0.715. The van der Waals surface area contributed by atoms with E-state index in [1.165, 1.54) is 27.4 Å². The molecule has 4 rings (SSSR count). The number of thiophene rings is 1. The van der Waals surface area contributed by atoms with Gasteiger partial charge in [0.1, 0.15) is 24.9 Å². The predicted octanol–water partition coefficient (Wildman–Crippen LogP) is 0.835. The van der Waals surface area contributed by atoms with Gasteiger partial charge < -0.3 is 24.1 Å². The maximum absolute atomic E-state index is 13.0. The zero-order valence-electron chi connectivity index (χ0n) is 14.7. The summed E-state index contributed by atoms with van der Waals surface area (Å²) in [4.78, 5) is 29.1. The third-order valence-corrected chi connectivity index (χ3v) is 5.88. The molecule has 2 aromatic heterocycles. The molecule has 0 bridgehead atoms. The minimum Gasteiger partial charge on any atom is -0.503 e. The van der Waals surface area contributed by atoms with Gasteiger partial charge in [-0.3, -0.25) is 9.59 Å². The number of rotatable bonds is 6. The summed E-state index contributed by atoms with van der Waals surface area (Å²) >= 11 is 1.28. The van der Waals surface area contributed by atoms with Gasteiger partial charge in [0.15, 0.2) is 5.76 Å². The number of nitrogens with zero attached hydrogens (tertiary/aromatic N) is 1. The van der Waals surface area contributed by atoms with Crippen LogP contribution in [0.3, 0.4) is 0 Å². The van der Waals surface area contributed by atoms with E-state index in [9.17, 15) is 14.7 Å². The van der Waals surface area contributed by atoms with E-state index >= 15 is 0 Å². The highest BCUT2D eigenvalue weighted by Crippen LogP contribution is 2.39. The van der Waals surface area contributed by atoms with Crippen molar-refractivity contribution in [1.29, 1.82) is 0 Å². The number of morpholine rings is 1. The molecule has 0 aliphatic carbocycles. The van der Waals surface area contributed by atoms with Crippen LogP contribution in [0.1, 0.15) is 21.5 Å². The fraction of sp³-hybridized carbons (Fsp3) is 0.368. The van der Waals surface area contributed by atoms with Gasteiger partial charge in [-0.25, -0.2) is 0 Å². The largest absolute Gasteiger partial charge is 0.503 e. The van der Waals surface area contributed by atoms with E-state index in [0.29, 0.717) is 30.4 Å². The molecule has 1 saturated heterocycles. The molecule has 142 valence electrons. The van der Waals surface area contributed by atoms with Gasteiger partial charge in [-0.15, -0.1) is 11.3 Å². The summed E-state index contributed by atoms with van der Waals surface area (Å²) in [5, 5.41) is 12.3. The lowest BCUT2D eigenvalue weighted by Crippen LogP contribution is -3.14. The lowest BCUT2D eigenvalue weighted by molar-refractivity contribution is -0.907. The topological polar surface area (TPSA) is 84.4 Å². The van der Waals surface area contributed by atoms with Crippen molar-refractivity contribution in [1.82, 2.24) is 4.90 Å². The van der Waals surface area contributed by atoms with Crippen LogP contribution < -0.4 is 4.90 Å². The van der Waals surface area contributed by atoms with E-state index in [1.54, 1.807) is 29.6 Å². The zero-order chi connectivity index (χ0) is 18.8. The van der Waals surface area contributed by atoms with Gasteiger partial charge in [0.2, 0.25) is 5.78 Å². The van der Waals surface area contributed by atoms with Crippen LogP contribution in [0.2, 0.25) is 0 Å². The van der Waals surface area contributed by atoms with E-state index in [-0.39, 0.29) is 11.4 Å². The van der Waals surface area contributed by atoms with Crippen LogP contribution in [-0.4, -0.2) is 61.1 Å². The molecular formula is C19H21N2O5S+. The van der Waals surface area contributed by atoms with Crippen molar-refractivity contribution < 1.29 is 28.7 Å². The van der Waals surface area contributed by atoms with Crippen molar-refractivity contribution in [3.63, 3.8) is 0 Å². The Hall–Kier alpha value is -2.42. The Kier molecular flexibility index (Phi) is 5.11. The Balaban J connectivity index is 1.62. The Bertz CT molecular complexity index is 838. The number of carbonyl (C=O) groups is 2. The van der Waals surface area contributed by atoms with E-state index in [4.69, 9.17) is 9.15 Å². The van der Waals surface area contributed by atoms with Crippen molar-refractivity contribution >= 4 is 23.0 Å². The summed E-state index contributed by atoms with van der Waals surface area (Å²) in [6.45, 7) is 4.32. The highest BCUT2D eigenvalue weighted by molar-refractivity contribution is 7.12. The molecule has 7 nitrogen and oxygen atoms in total. The van der Waals surface area contributed by atoms with Gasteiger partial charge in [0.05, 0.1) is 43.0 Å². The zero-order valence-corrected chi connectivity index (χ0v) is 15.5. The highest BCUT2D eigenvalue weighted by Gasteiger charge is 2.45.